The van der Waals surface area contributed by atoms with Gasteiger partial charge in [-0.2, -0.15) is 0 Å². The summed E-state index contributed by atoms with van der Waals surface area (Å²) in [5.41, 5.74) is 0. The minimum Gasteiger partial charge on any atom is -0.410 e. The highest BCUT2D eigenvalue weighted by atomic mass is 35.5. The van der Waals surface area contributed by atoms with Crippen LogP contribution in [0.5, 0.6) is 5.75 Å². The molecule has 13 heavy (non-hydrogen) atoms. The molecule has 0 aromatic heterocycles. The van der Waals surface area contributed by atoms with E-state index >= 15 is 0 Å². The molecule has 70 valence electrons. The zero-order valence-electron chi connectivity index (χ0n) is 6.59. The second kappa shape index (κ2) is 4.94. The number of amides is 1. The SMILES string of the molecule is O=C(NCCl)Oc1cccc(Cl)c1. The Balaban J connectivity index is 2.58. The van der Waals surface area contributed by atoms with Gasteiger partial charge >= 0.3 is 6.09 Å². The number of ether oxygens (including phenoxy) is 1. The van der Waals surface area contributed by atoms with E-state index in [1.807, 2.05) is 0 Å². The van der Waals surface area contributed by atoms with Crippen molar-refractivity contribution in [1.29, 1.82) is 0 Å². The first-order valence-electron chi connectivity index (χ1n) is 3.49. The number of hydrogen-bond acceptors (Lipinski definition) is 2. The van der Waals surface area contributed by atoms with Gasteiger partial charge in [0, 0.05) is 5.02 Å². The molecule has 0 aliphatic heterocycles. The largest absolute Gasteiger partial charge is 0.413 e. The predicted octanol–water partition coefficient (Wildman–Crippen LogP) is 2.62. The summed E-state index contributed by atoms with van der Waals surface area (Å²) in [5, 5.41) is 2.79. The van der Waals surface area contributed by atoms with E-state index in [0.29, 0.717) is 10.8 Å². The molecule has 5 heteroatoms. The van der Waals surface area contributed by atoms with Gasteiger partial charge in [-0.05, 0) is 18.2 Å². The zero-order valence-corrected chi connectivity index (χ0v) is 8.10. The van der Waals surface area contributed by atoms with E-state index < -0.39 is 6.09 Å². The molecular formula is C8H7Cl2NO2. The molecule has 1 N–H and O–H groups in total. The quantitative estimate of drug-likeness (QED) is 0.614. The molecule has 0 spiro atoms. The first kappa shape index (κ1) is 10.2. The second-order valence-corrected chi connectivity index (χ2v) is 2.86. The Labute approximate surface area is 85.6 Å². The maximum atomic E-state index is 10.9. The summed E-state index contributed by atoms with van der Waals surface area (Å²) in [6.45, 7) is 0. The molecular weight excluding hydrogens is 213 g/mol. The molecule has 3 nitrogen and oxygen atoms in total. The minimum atomic E-state index is -0.600. The summed E-state index contributed by atoms with van der Waals surface area (Å²) in [7, 11) is 0. The van der Waals surface area contributed by atoms with Crippen LogP contribution in [0.4, 0.5) is 4.79 Å². The van der Waals surface area contributed by atoms with Gasteiger partial charge < -0.3 is 10.1 Å². The molecule has 0 heterocycles. The molecule has 1 aromatic carbocycles. The Morgan fingerprint density at radius 3 is 2.92 bits per heavy atom. The normalized spacial score (nSPS) is 9.38. The number of carbonyl (C=O) groups is 1. The Kier molecular flexibility index (Phi) is 3.86. The number of alkyl halides is 1. The van der Waals surface area contributed by atoms with Crippen molar-refractivity contribution in [3.8, 4) is 5.75 Å². The first-order chi connectivity index (χ1) is 6.22. The monoisotopic (exact) mass is 219 g/mol. The first-order valence-corrected chi connectivity index (χ1v) is 4.41. The van der Waals surface area contributed by atoms with Gasteiger partial charge in [-0.1, -0.05) is 17.7 Å². The van der Waals surface area contributed by atoms with Crippen LogP contribution in [0.15, 0.2) is 24.3 Å². The van der Waals surface area contributed by atoms with Gasteiger partial charge in [-0.25, -0.2) is 4.79 Å². The van der Waals surface area contributed by atoms with Crippen molar-refractivity contribution in [2.24, 2.45) is 0 Å². The molecule has 0 aliphatic carbocycles. The standard InChI is InChI=1S/C8H7Cl2NO2/c9-5-11-8(12)13-7-3-1-2-6(10)4-7/h1-4H,5H2,(H,11,12). The molecule has 1 aromatic rings. The van der Waals surface area contributed by atoms with E-state index in [-0.39, 0.29) is 6.00 Å². The molecule has 0 unspecified atom stereocenters. The Morgan fingerprint density at radius 2 is 2.31 bits per heavy atom. The third kappa shape index (κ3) is 3.53. The Hall–Kier alpha value is -0.930. The molecule has 0 saturated heterocycles. The van der Waals surface area contributed by atoms with Crippen molar-refractivity contribution >= 4 is 29.3 Å². The fourth-order valence-electron chi connectivity index (χ4n) is 0.728. The van der Waals surface area contributed by atoms with E-state index in [0.717, 1.165) is 0 Å². The van der Waals surface area contributed by atoms with Crippen LogP contribution in [0.1, 0.15) is 0 Å². The third-order valence-corrected chi connectivity index (χ3v) is 1.59. The average Bonchev–Trinajstić information content (AvgIpc) is 2.04. The maximum absolute atomic E-state index is 10.9. The molecule has 0 fully saturated rings. The van der Waals surface area contributed by atoms with Crippen LogP contribution in [-0.4, -0.2) is 12.1 Å². The van der Waals surface area contributed by atoms with Crippen molar-refractivity contribution in [3.63, 3.8) is 0 Å². The number of rotatable bonds is 2. The van der Waals surface area contributed by atoms with Crippen molar-refractivity contribution in [2.75, 3.05) is 6.00 Å². The summed E-state index contributed by atoms with van der Waals surface area (Å²) in [5.74, 6) is 0.384. The van der Waals surface area contributed by atoms with Crippen molar-refractivity contribution in [1.82, 2.24) is 5.32 Å². The van der Waals surface area contributed by atoms with Crippen LogP contribution in [0.2, 0.25) is 5.02 Å². The van der Waals surface area contributed by atoms with Crippen LogP contribution in [0, 0.1) is 0 Å². The molecule has 0 bridgehead atoms. The van der Waals surface area contributed by atoms with Crippen LogP contribution in [0.25, 0.3) is 0 Å². The van der Waals surface area contributed by atoms with Gasteiger partial charge in [0.15, 0.2) is 0 Å². The summed E-state index contributed by atoms with van der Waals surface area (Å²) < 4.78 is 4.82. The molecule has 0 radical (unpaired) electrons. The van der Waals surface area contributed by atoms with Crippen LogP contribution in [0.3, 0.4) is 0 Å². The van der Waals surface area contributed by atoms with Crippen molar-refractivity contribution < 1.29 is 9.53 Å². The van der Waals surface area contributed by atoms with E-state index in [1.165, 1.54) is 6.07 Å². The number of nitrogens with one attached hydrogen (secondary N) is 1. The zero-order chi connectivity index (χ0) is 9.68. The highest BCUT2D eigenvalue weighted by Gasteiger charge is 2.02. The van der Waals surface area contributed by atoms with Gasteiger partial charge in [0.1, 0.15) is 5.75 Å². The lowest BCUT2D eigenvalue weighted by atomic mass is 10.3. The van der Waals surface area contributed by atoms with Gasteiger partial charge in [0.25, 0.3) is 0 Å². The summed E-state index contributed by atoms with van der Waals surface area (Å²) in [6.07, 6.45) is -0.600. The fourth-order valence-corrected chi connectivity index (χ4v) is 1.02. The van der Waals surface area contributed by atoms with E-state index in [1.54, 1.807) is 18.2 Å². The highest BCUT2D eigenvalue weighted by Crippen LogP contribution is 2.16. The van der Waals surface area contributed by atoms with Gasteiger partial charge in [-0.15, -0.1) is 11.6 Å². The molecule has 1 rings (SSSR count). The van der Waals surface area contributed by atoms with Crippen LogP contribution < -0.4 is 10.1 Å². The van der Waals surface area contributed by atoms with Crippen LogP contribution in [-0.2, 0) is 0 Å². The summed E-state index contributed by atoms with van der Waals surface area (Å²) in [6, 6.07) is 6.55. The smallest absolute Gasteiger partial charge is 0.410 e. The van der Waals surface area contributed by atoms with Gasteiger partial charge in [0.05, 0.1) is 6.00 Å². The lowest BCUT2D eigenvalue weighted by Gasteiger charge is -2.03. The highest BCUT2D eigenvalue weighted by molar-refractivity contribution is 6.30. The van der Waals surface area contributed by atoms with E-state index in [9.17, 15) is 4.79 Å². The lowest BCUT2D eigenvalue weighted by molar-refractivity contribution is 0.202. The Morgan fingerprint density at radius 1 is 1.54 bits per heavy atom. The topological polar surface area (TPSA) is 38.3 Å². The molecule has 0 saturated carbocycles. The lowest BCUT2D eigenvalue weighted by Crippen LogP contribution is -2.25. The second-order valence-electron chi connectivity index (χ2n) is 2.16. The summed E-state index contributed by atoms with van der Waals surface area (Å²) >= 11 is 10.9. The average molecular weight is 220 g/mol. The minimum absolute atomic E-state index is 0.0133. The number of carbonyl (C=O) groups excluding carboxylic acids is 1. The van der Waals surface area contributed by atoms with Gasteiger partial charge in [0.2, 0.25) is 0 Å². The third-order valence-electron chi connectivity index (χ3n) is 1.22. The molecule has 0 atom stereocenters. The maximum Gasteiger partial charge on any atom is 0.413 e. The fraction of sp³-hybridized carbons (Fsp3) is 0.125. The van der Waals surface area contributed by atoms with E-state index in [4.69, 9.17) is 27.9 Å². The molecule has 0 aliphatic rings. The van der Waals surface area contributed by atoms with Crippen molar-refractivity contribution in [2.45, 2.75) is 0 Å². The summed E-state index contributed by atoms with van der Waals surface area (Å²) in [4.78, 5) is 10.9. The Bertz CT molecular complexity index is 304. The molecule has 1 amide bonds. The van der Waals surface area contributed by atoms with Gasteiger partial charge in [-0.3, -0.25) is 0 Å². The van der Waals surface area contributed by atoms with E-state index in [2.05, 4.69) is 5.32 Å². The van der Waals surface area contributed by atoms with Crippen molar-refractivity contribution in [3.05, 3.63) is 29.3 Å². The number of benzene rings is 1. The number of halogens is 2. The van der Waals surface area contributed by atoms with Crippen LogP contribution >= 0.6 is 23.2 Å². The predicted molar refractivity (Wildman–Crippen MR) is 51.3 cm³/mol. The number of hydrogen-bond donors (Lipinski definition) is 1.